The molecule has 2 aromatic rings. The van der Waals surface area contributed by atoms with Crippen LogP contribution in [0, 0.1) is 6.92 Å². The summed E-state index contributed by atoms with van der Waals surface area (Å²) in [6, 6.07) is 11.5. The lowest BCUT2D eigenvalue weighted by Gasteiger charge is -2.11. The highest BCUT2D eigenvalue weighted by Crippen LogP contribution is 2.22. The van der Waals surface area contributed by atoms with Crippen molar-refractivity contribution in [2.45, 2.75) is 6.92 Å². The fourth-order valence-electron chi connectivity index (χ4n) is 1.79. The number of anilines is 2. The van der Waals surface area contributed by atoms with E-state index in [4.69, 9.17) is 5.11 Å². The predicted octanol–water partition coefficient (Wildman–Crippen LogP) is 4.10. The Hall–Kier alpha value is -2.34. The molecule has 21 heavy (non-hydrogen) atoms. The first-order valence-electron chi connectivity index (χ1n) is 6.14. The average Bonchev–Trinajstić information content (AvgIpc) is 2.43. The fourth-order valence-corrected chi connectivity index (χ4v) is 2.15. The van der Waals surface area contributed by atoms with Crippen molar-refractivity contribution in [2.24, 2.45) is 0 Å². The summed E-state index contributed by atoms with van der Waals surface area (Å²) in [7, 11) is 0. The average molecular weight is 349 g/mol. The van der Waals surface area contributed by atoms with Crippen LogP contribution in [-0.2, 0) is 0 Å². The van der Waals surface area contributed by atoms with Crippen LogP contribution in [-0.4, -0.2) is 17.1 Å². The molecule has 0 aliphatic heterocycles. The number of carbonyl (C=O) groups excluding carboxylic acids is 1. The molecule has 0 unspecified atom stereocenters. The summed E-state index contributed by atoms with van der Waals surface area (Å²) in [5.41, 5.74) is 1.84. The predicted molar refractivity (Wildman–Crippen MR) is 84.9 cm³/mol. The van der Waals surface area contributed by atoms with Gasteiger partial charge in [-0.1, -0.05) is 34.1 Å². The third kappa shape index (κ3) is 3.82. The number of aryl methyl sites for hydroxylation is 1. The molecule has 0 saturated carbocycles. The van der Waals surface area contributed by atoms with Gasteiger partial charge >= 0.3 is 12.0 Å². The Morgan fingerprint density at radius 3 is 2.38 bits per heavy atom. The minimum absolute atomic E-state index is 0.0179. The number of aromatic carboxylic acids is 1. The number of amides is 2. The van der Waals surface area contributed by atoms with Crippen molar-refractivity contribution in [1.29, 1.82) is 0 Å². The van der Waals surface area contributed by atoms with Crippen LogP contribution in [0.4, 0.5) is 16.2 Å². The van der Waals surface area contributed by atoms with Crippen molar-refractivity contribution in [3.8, 4) is 0 Å². The Kier molecular flexibility index (Phi) is 4.59. The summed E-state index contributed by atoms with van der Waals surface area (Å²) in [6.07, 6.45) is 0. The molecule has 108 valence electrons. The SMILES string of the molecule is Cc1ccccc1NC(=O)Nc1ccc(Br)cc1C(=O)O. The summed E-state index contributed by atoms with van der Waals surface area (Å²) in [5, 5.41) is 14.4. The molecule has 2 rings (SSSR count). The first kappa shape index (κ1) is 15.1. The summed E-state index contributed by atoms with van der Waals surface area (Å²) >= 11 is 3.20. The maximum Gasteiger partial charge on any atom is 0.337 e. The quantitative estimate of drug-likeness (QED) is 0.781. The second kappa shape index (κ2) is 6.41. The van der Waals surface area contributed by atoms with Gasteiger partial charge in [-0.25, -0.2) is 9.59 Å². The van der Waals surface area contributed by atoms with E-state index in [0.717, 1.165) is 5.56 Å². The highest BCUT2D eigenvalue weighted by atomic mass is 79.9. The van der Waals surface area contributed by atoms with E-state index in [-0.39, 0.29) is 11.3 Å². The van der Waals surface area contributed by atoms with Gasteiger partial charge in [0.2, 0.25) is 0 Å². The number of carboxylic acids is 1. The van der Waals surface area contributed by atoms with Gasteiger partial charge in [-0.15, -0.1) is 0 Å². The van der Waals surface area contributed by atoms with Gasteiger partial charge < -0.3 is 15.7 Å². The number of halogens is 1. The summed E-state index contributed by atoms with van der Waals surface area (Å²) in [6.45, 7) is 1.87. The number of para-hydroxylation sites is 1. The van der Waals surface area contributed by atoms with Crippen molar-refractivity contribution in [1.82, 2.24) is 0 Å². The Labute approximate surface area is 130 Å². The smallest absolute Gasteiger partial charge is 0.337 e. The number of hydrogen-bond acceptors (Lipinski definition) is 2. The zero-order valence-electron chi connectivity index (χ0n) is 11.2. The van der Waals surface area contributed by atoms with Crippen molar-refractivity contribution in [2.75, 3.05) is 10.6 Å². The molecular weight excluding hydrogens is 336 g/mol. The number of hydrogen-bond donors (Lipinski definition) is 3. The van der Waals surface area contributed by atoms with Crippen molar-refractivity contribution in [3.05, 3.63) is 58.1 Å². The fraction of sp³-hybridized carbons (Fsp3) is 0.0667. The van der Waals surface area contributed by atoms with Crippen molar-refractivity contribution in [3.63, 3.8) is 0 Å². The van der Waals surface area contributed by atoms with E-state index in [2.05, 4.69) is 26.6 Å². The number of benzene rings is 2. The van der Waals surface area contributed by atoms with Crippen molar-refractivity contribution >= 4 is 39.3 Å². The van der Waals surface area contributed by atoms with Crippen LogP contribution in [0.25, 0.3) is 0 Å². The summed E-state index contributed by atoms with van der Waals surface area (Å²) in [5.74, 6) is -1.11. The molecule has 0 saturated heterocycles. The van der Waals surface area contributed by atoms with E-state index in [9.17, 15) is 9.59 Å². The van der Waals surface area contributed by atoms with Gasteiger partial charge in [0, 0.05) is 10.2 Å². The second-order valence-corrected chi connectivity index (χ2v) is 5.30. The van der Waals surface area contributed by atoms with Crippen LogP contribution in [0.3, 0.4) is 0 Å². The number of nitrogens with one attached hydrogen (secondary N) is 2. The van der Waals surface area contributed by atoms with Gasteiger partial charge in [0.15, 0.2) is 0 Å². The Morgan fingerprint density at radius 1 is 1.05 bits per heavy atom. The van der Waals surface area contributed by atoms with E-state index in [0.29, 0.717) is 10.2 Å². The number of urea groups is 1. The number of carbonyl (C=O) groups is 2. The molecule has 2 amide bonds. The van der Waals surface area contributed by atoms with Crippen LogP contribution >= 0.6 is 15.9 Å². The maximum atomic E-state index is 12.0. The molecule has 0 spiro atoms. The van der Waals surface area contributed by atoms with E-state index >= 15 is 0 Å². The van der Waals surface area contributed by atoms with Gasteiger partial charge in [0.05, 0.1) is 11.3 Å². The topological polar surface area (TPSA) is 78.4 Å². The molecule has 0 bridgehead atoms. The minimum atomic E-state index is -1.11. The second-order valence-electron chi connectivity index (χ2n) is 4.39. The molecule has 0 heterocycles. The van der Waals surface area contributed by atoms with Crippen LogP contribution in [0.1, 0.15) is 15.9 Å². The van der Waals surface area contributed by atoms with E-state index < -0.39 is 12.0 Å². The van der Waals surface area contributed by atoms with Crippen LogP contribution in [0.15, 0.2) is 46.9 Å². The highest BCUT2D eigenvalue weighted by Gasteiger charge is 2.13. The van der Waals surface area contributed by atoms with Gasteiger partial charge in [0.25, 0.3) is 0 Å². The van der Waals surface area contributed by atoms with Gasteiger partial charge in [-0.2, -0.15) is 0 Å². The Bertz CT molecular complexity index is 701. The first-order chi connectivity index (χ1) is 9.97. The molecule has 3 N–H and O–H groups in total. The molecule has 0 radical (unpaired) electrons. The maximum absolute atomic E-state index is 12.0. The standard InChI is InChI=1S/C15H13BrN2O3/c1-9-4-2-3-5-12(9)17-15(21)18-13-7-6-10(16)8-11(13)14(19)20/h2-8H,1H3,(H,19,20)(H2,17,18,21). The van der Waals surface area contributed by atoms with E-state index in [1.165, 1.54) is 12.1 Å². The number of carboxylic acid groups (broad SMARTS) is 1. The Morgan fingerprint density at radius 2 is 1.71 bits per heavy atom. The highest BCUT2D eigenvalue weighted by molar-refractivity contribution is 9.10. The molecule has 5 nitrogen and oxygen atoms in total. The monoisotopic (exact) mass is 348 g/mol. The molecule has 6 heteroatoms. The summed E-state index contributed by atoms with van der Waals surface area (Å²) in [4.78, 5) is 23.1. The lowest BCUT2D eigenvalue weighted by atomic mass is 10.2. The largest absolute Gasteiger partial charge is 0.478 e. The van der Waals surface area contributed by atoms with Gasteiger partial charge in [-0.3, -0.25) is 0 Å². The van der Waals surface area contributed by atoms with E-state index in [1.54, 1.807) is 12.1 Å². The lowest BCUT2D eigenvalue weighted by molar-refractivity contribution is 0.0698. The third-order valence-corrected chi connectivity index (χ3v) is 3.35. The van der Waals surface area contributed by atoms with Crippen molar-refractivity contribution < 1.29 is 14.7 Å². The number of rotatable bonds is 3. The van der Waals surface area contributed by atoms with Gasteiger partial charge in [-0.05, 0) is 36.8 Å². The lowest BCUT2D eigenvalue weighted by Crippen LogP contribution is -2.21. The molecule has 0 fully saturated rings. The normalized spacial score (nSPS) is 10.0. The Balaban J connectivity index is 2.17. The van der Waals surface area contributed by atoms with Crippen LogP contribution < -0.4 is 10.6 Å². The van der Waals surface area contributed by atoms with Gasteiger partial charge in [0.1, 0.15) is 0 Å². The zero-order chi connectivity index (χ0) is 15.4. The third-order valence-electron chi connectivity index (χ3n) is 2.85. The van der Waals surface area contributed by atoms with E-state index in [1.807, 2.05) is 25.1 Å². The molecular formula is C15H13BrN2O3. The summed E-state index contributed by atoms with van der Waals surface area (Å²) < 4.78 is 0.629. The molecule has 0 aromatic heterocycles. The zero-order valence-corrected chi connectivity index (χ0v) is 12.8. The van der Waals surface area contributed by atoms with Crippen LogP contribution in [0.5, 0.6) is 0 Å². The first-order valence-corrected chi connectivity index (χ1v) is 6.93. The molecule has 0 atom stereocenters. The minimum Gasteiger partial charge on any atom is -0.478 e. The van der Waals surface area contributed by atoms with Crippen LogP contribution in [0.2, 0.25) is 0 Å². The molecule has 0 aliphatic rings. The molecule has 2 aromatic carbocycles. The molecule has 0 aliphatic carbocycles.